The van der Waals surface area contributed by atoms with E-state index in [0.29, 0.717) is 11.3 Å². The summed E-state index contributed by atoms with van der Waals surface area (Å²) in [6, 6.07) is 6.03. The van der Waals surface area contributed by atoms with Gasteiger partial charge in [-0.1, -0.05) is 0 Å². The van der Waals surface area contributed by atoms with Gasteiger partial charge in [0.2, 0.25) is 10.0 Å². The van der Waals surface area contributed by atoms with Crippen LogP contribution in [-0.2, 0) is 16.4 Å². The van der Waals surface area contributed by atoms with Gasteiger partial charge in [0, 0.05) is 17.5 Å². The monoisotopic (exact) mass is 360 g/mol. The molecule has 0 unspecified atom stereocenters. The zero-order chi connectivity index (χ0) is 17.0. The molecule has 1 aromatic heterocycles. The van der Waals surface area contributed by atoms with Gasteiger partial charge in [0.05, 0.1) is 16.8 Å². The van der Waals surface area contributed by atoms with Gasteiger partial charge in [0.1, 0.15) is 11.6 Å². The number of benzene rings is 1. The molecule has 0 bridgehead atoms. The molecule has 0 saturated heterocycles. The fourth-order valence-electron chi connectivity index (χ4n) is 1.77. The van der Waals surface area contributed by atoms with Crippen LogP contribution in [0.25, 0.3) is 0 Å². The Morgan fingerprint density at radius 2 is 1.96 bits per heavy atom. The van der Waals surface area contributed by atoms with E-state index in [1.807, 2.05) is 0 Å². The van der Waals surface area contributed by atoms with Gasteiger partial charge in [-0.25, -0.2) is 21.9 Å². The second-order valence-electron chi connectivity index (χ2n) is 4.76. The minimum absolute atomic E-state index is 0.221. The van der Waals surface area contributed by atoms with Crippen LogP contribution in [-0.4, -0.2) is 27.1 Å². The Bertz CT molecular complexity index is 819. The van der Waals surface area contributed by atoms with Crippen molar-refractivity contribution in [3.05, 3.63) is 51.7 Å². The number of carbonyl (C=O) groups excluding carboxylic acids is 1. The van der Waals surface area contributed by atoms with Crippen LogP contribution in [0, 0.1) is 11.6 Å². The van der Waals surface area contributed by atoms with Gasteiger partial charge in [-0.2, -0.15) is 0 Å². The van der Waals surface area contributed by atoms with Crippen molar-refractivity contribution in [1.82, 2.24) is 4.72 Å². The first-order valence-corrected chi connectivity index (χ1v) is 9.25. The Morgan fingerprint density at radius 3 is 2.65 bits per heavy atom. The van der Waals surface area contributed by atoms with Crippen LogP contribution in [0.2, 0.25) is 0 Å². The first-order chi connectivity index (χ1) is 10.7. The Morgan fingerprint density at radius 1 is 1.22 bits per heavy atom. The van der Waals surface area contributed by atoms with Gasteiger partial charge in [0.25, 0.3) is 5.91 Å². The Balaban J connectivity index is 1.99. The minimum Gasteiger partial charge on any atom is -0.319 e. The third-order valence-electron chi connectivity index (χ3n) is 2.80. The molecular formula is C14H14F2N2O3S2. The van der Waals surface area contributed by atoms with Crippen LogP contribution < -0.4 is 10.0 Å². The molecule has 0 spiro atoms. The number of nitrogens with one attached hydrogen (secondary N) is 2. The van der Waals surface area contributed by atoms with Crippen LogP contribution >= 0.6 is 11.3 Å². The van der Waals surface area contributed by atoms with Gasteiger partial charge in [-0.15, -0.1) is 11.3 Å². The second-order valence-corrected chi connectivity index (χ2v) is 7.76. The molecule has 1 amide bonds. The van der Waals surface area contributed by atoms with Gasteiger partial charge < -0.3 is 5.32 Å². The van der Waals surface area contributed by atoms with Gasteiger partial charge >= 0.3 is 0 Å². The lowest BCUT2D eigenvalue weighted by Gasteiger charge is -2.05. The molecule has 1 heterocycles. The molecule has 0 aliphatic rings. The SMILES string of the molecule is CS(=O)(=O)NCCc1ccc(C(=O)Nc2cc(F)ccc2F)s1. The summed E-state index contributed by atoms with van der Waals surface area (Å²) in [5.74, 6) is -1.93. The number of hydrogen-bond donors (Lipinski definition) is 2. The van der Waals surface area contributed by atoms with E-state index < -0.39 is 27.6 Å². The number of carbonyl (C=O) groups is 1. The molecule has 0 atom stereocenters. The van der Waals surface area contributed by atoms with E-state index in [9.17, 15) is 22.0 Å². The lowest BCUT2D eigenvalue weighted by atomic mass is 10.3. The lowest BCUT2D eigenvalue weighted by molar-refractivity contribution is 0.103. The van der Waals surface area contributed by atoms with Crippen molar-refractivity contribution in [2.24, 2.45) is 0 Å². The second kappa shape index (κ2) is 7.16. The summed E-state index contributed by atoms with van der Waals surface area (Å²) in [6.45, 7) is 0.221. The molecular weight excluding hydrogens is 346 g/mol. The van der Waals surface area contributed by atoms with Crippen molar-refractivity contribution < 1.29 is 22.0 Å². The maximum atomic E-state index is 13.5. The molecule has 0 saturated carbocycles. The predicted molar refractivity (Wildman–Crippen MR) is 85.2 cm³/mol. The van der Waals surface area contributed by atoms with Crippen molar-refractivity contribution in [2.75, 3.05) is 18.1 Å². The van der Waals surface area contributed by atoms with Gasteiger partial charge in [-0.3, -0.25) is 4.79 Å². The maximum Gasteiger partial charge on any atom is 0.265 e. The van der Waals surface area contributed by atoms with Crippen molar-refractivity contribution in [3.63, 3.8) is 0 Å². The Hall–Kier alpha value is -1.84. The summed E-state index contributed by atoms with van der Waals surface area (Å²) < 4.78 is 50.8. The normalized spacial score (nSPS) is 11.4. The largest absolute Gasteiger partial charge is 0.319 e. The highest BCUT2D eigenvalue weighted by atomic mass is 32.2. The van der Waals surface area contributed by atoms with E-state index in [2.05, 4.69) is 10.0 Å². The Kier molecular flexibility index (Phi) is 5.45. The van der Waals surface area contributed by atoms with E-state index in [4.69, 9.17) is 0 Å². The van der Waals surface area contributed by atoms with Crippen LogP contribution in [0.3, 0.4) is 0 Å². The standard InChI is InChI=1S/C14H14F2N2O3S2/c1-23(20,21)17-7-6-10-3-5-13(22-10)14(19)18-12-8-9(15)2-4-11(12)16/h2-5,8,17H,6-7H2,1H3,(H,18,19). The molecule has 0 aliphatic carbocycles. The highest BCUT2D eigenvalue weighted by molar-refractivity contribution is 7.88. The van der Waals surface area contributed by atoms with E-state index >= 15 is 0 Å². The fourth-order valence-corrected chi connectivity index (χ4v) is 3.15. The van der Waals surface area contributed by atoms with E-state index in [1.54, 1.807) is 12.1 Å². The van der Waals surface area contributed by atoms with Crippen molar-refractivity contribution in [1.29, 1.82) is 0 Å². The summed E-state index contributed by atoms with van der Waals surface area (Å²) in [6.07, 6.45) is 1.49. The Labute approximate surface area is 136 Å². The van der Waals surface area contributed by atoms with Gasteiger partial charge in [0.15, 0.2) is 0 Å². The number of hydrogen-bond acceptors (Lipinski definition) is 4. The molecule has 0 radical (unpaired) electrons. The first-order valence-electron chi connectivity index (χ1n) is 6.54. The first kappa shape index (κ1) is 17.5. The van der Waals surface area contributed by atoms with Crippen molar-refractivity contribution >= 4 is 33.0 Å². The molecule has 124 valence electrons. The summed E-state index contributed by atoms with van der Waals surface area (Å²) in [7, 11) is -3.26. The molecule has 0 fully saturated rings. The van der Waals surface area contributed by atoms with E-state index in [0.717, 1.165) is 40.7 Å². The molecule has 2 rings (SSSR count). The number of anilines is 1. The third-order valence-corrected chi connectivity index (χ3v) is 4.67. The lowest BCUT2D eigenvalue weighted by Crippen LogP contribution is -2.24. The van der Waals surface area contributed by atoms with Crippen molar-refractivity contribution in [2.45, 2.75) is 6.42 Å². The number of halogens is 2. The summed E-state index contributed by atoms with van der Waals surface area (Å²) in [4.78, 5) is 13.1. The van der Waals surface area contributed by atoms with Crippen molar-refractivity contribution in [3.8, 4) is 0 Å². The maximum absolute atomic E-state index is 13.5. The topological polar surface area (TPSA) is 75.3 Å². The average Bonchev–Trinajstić information content (AvgIpc) is 2.90. The summed E-state index contributed by atoms with van der Waals surface area (Å²) in [5, 5.41) is 2.31. The molecule has 1 aromatic carbocycles. The molecule has 0 aliphatic heterocycles. The predicted octanol–water partition coefficient (Wildman–Crippen LogP) is 2.37. The smallest absolute Gasteiger partial charge is 0.265 e. The molecule has 2 aromatic rings. The van der Waals surface area contributed by atoms with Crippen LogP contribution in [0.5, 0.6) is 0 Å². The van der Waals surface area contributed by atoms with E-state index in [-0.39, 0.29) is 12.2 Å². The highest BCUT2D eigenvalue weighted by Crippen LogP contribution is 2.20. The molecule has 23 heavy (non-hydrogen) atoms. The van der Waals surface area contributed by atoms with Crippen LogP contribution in [0.4, 0.5) is 14.5 Å². The summed E-state index contributed by atoms with van der Waals surface area (Å²) in [5.41, 5.74) is -0.233. The zero-order valence-electron chi connectivity index (χ0n) is 12.1. The summed E-state index contributed by atoms with van der Waals surface area (Å²) >= 11 is 1.16. The van der Waals surface area contributed by atoms with Crippen LogP contribution in [0.15, 0.2) is 30.3 Å². The third kappa shape index (κ3) is 5.38. The van der Waals surface area contributed by atoms with E-state index in [1.165, 1.54) is 0 Å². The number of thiophene rings is 1. The zero-order valence-corrected chi connectivity index (χ0v) is 13.7. The molecule has 2 N–H and O–H groups in total. The number of amides is 1. The van der Waals surface area contributed by atoms with Crippen LogP contribution in [0.1, 0.15) is 14.5 Å². The highest BCUT2D eigenvalue weighted by Gasteiger charge is 2.13. The quantitative estimate of drug-likeness (QED) is 0.830. The fraction of sp³-hybridized carbons (Fsp3) is 0.214. The number of rotatable bonds is 6. The number of sulfonamides is 1. The molecule has 5 nitrogen and oxygen atoms in total. The minimum atomic E-state index is -3.26. The average molecular weight is 360 g/mol. The van der Waals surface area contributed by atoms with Gasteiger partial charge in [-0.05, 0) is 30.7 Å². The molecule has 9 heteroatoms.